The molecule has 7 nitrogen and oxygen atoms in total. The maximum Gasteiger partial charge on any atom is 0.434 e. The van der Waals surface area contributed by atoms with E-state index in [4.69, 9.17) is 16.3 Å². The summed E-state index contributed by atoms with van der Waals surface area (Å²) in [6.45, 7) is 1.31. The Morgan fingerprint density at radius 1 is 1.13 bits per heavy atom. The van der Waals surface area contributed by atoms with Gasteiger partial charge in [-0.2, -0.15) is 18.3 Å². The molecular formula is C20H20ClF3N4O3. The number of benzene rings is 1. The first-order valence-electron chi connectivity index (χ1n) is 9.86. The van der Waals surface area contributed by atoms with Crippen molar-refractivity contribution in [3.8, 4) is 5.69 Å². The number of hydrogen-bond donors (Lipinski definition) is 0. The molecule has 0 aliphatic carbocycles. The van der Waals surface area contributed by atoms with Crippen LogP contribution >= 0.6 is 11.6 Å². The molecule has 2 amide bonds. The van der Waals surface area contributed by atoms with Crippen molar-refractivity contribution in [3.63, 3.8) is 0 Å². The minimum absolute atomic E-state index is 0.103. The largest absolute Gasteiger partial charge is 0.434 e. The first-order valence-corrected chi connectivity index (χ1v) is 10.2. The van der Waals surface area contributed by atoms with Crippen LogP contribution < -0.4 is 0 Å². The third-order valence-electron chi connectivity index (χ3n) is 5.40. The summed E-state index contributed by atoms with van der Waals surface area (Å²) in [4.78, 5) is 28.3. The minimum Gasteiger partial charge on any atom is -0.368 e. The molecule has 0 saturated carbocycles. The highest BCUT2D eigenvalue weighted by Crippen LogP contribution is 2.34. The van der Waals surface area contributed by atoms with Gasteiger partial charge in [0.15, 0.2) is 5.69 Å². The molecular weight excluding hydrogens is 437 g/mol. The van der Waals surface area contributed by atoms with Crippen LogP contribution in [-0.4, -0.2) is 70.3 Å². The van der Waals surface area contributed by atoms with Crippen LogP contribution in [0.4, 0.5) is 13.2 Å². The summed E-state index contributed by atoms with van der Waals surface area (Å²) in [6, 6.07) is 5.81. The Balaban J connectivity index is 1.53. The Hall–Kier alpha value is -2.59. The van der Waals surface area contributed by atoms with Gasteiger partial charge in [0.25, 0.3) is 11.8 Å². The van der Waals surface area contributed by atoms with E-state index in [0.29, 0.717) is 17.7 Å². The summed E-state index contributed by atoms with van der Waals surface area (Å²) < 4.78 is 47.7. The number of aromatic nitrogens is 2. The number of hydrogen-bond acceptors (Lipinski definition) is 4. The van der Waals surface area contributed by atoms with E-state index >= 15 is 0 Å². The zero-order chi connectivity index (χ0) is 22.2. The van der Waals surface area contributed by atoms with Crippen molar-refractivity contribution in [2.75, 3.05) is 32.8 Å². The summed E-state index contributed by atoms with van der Waals surface area (Å²) in [6.07, 6.45) is -2.85. The van der Waals surface area contributed by atoms with Crippen LogP contribution in [0.3, 0.4) is 0 Å². The normalized spacial score (nSPS) is 19.7. The average Bonchev–Trinajstić information content (AvgIpc) is 3.43. The number of alkyl halides is 3. The lowest BCUT2D eigenvalue weighted by Crippen LogP contribution is -2.53. The molecule has 4 rings (SSSR count). The van der Waals surface area contributed by atoms with E-state index in [1.165, 1.54) is 29.2 Å². The lowest BCUT2D eigenvalue weighted by atomic mass is 10.1. The van der Waals surface area contributed by atoms with Crippen LogP contribution in [0.1, 0.15) is 28.9 Å². The van der Waals surface area contributed by atoms with Crippen LogP contribution in [0.15, 0.2) is 30.5 Å². The zero-order valence-electron chi connectivity index (χ0n) is 16.4. The van der Waals surface area contributed by atoms with Gasteiger partial charge in [-0.15, -0.1) is 0 Å². The summed E-state index contributed by atoms with van der Waals surface area (Å²) in [5.74, 6) is -0.904. The lowest BCUT2D eigenvalue weighted by molar-refractivity contribution is -0.143. The molecule has 2 aliphatic rings. The summed E-state index contributed by atoms with van der Waals surface area (Å²) in [7, 11) is 0. The molecule has 2 aliphatic heterocycles. The van der Waals surface area contributed by atoms with E-state index in [1.807, 2.05) is 0 Å². The Morgan fingerprint density at radius 3 is 2.45 bits per heavy atom. The van der Waals surface area contributed by atoms with E-state index < -0.39 is 29.4 Å². The SMILES string of the molecule is O=C(c1cnn(-c2cccc(Cl)c2)c1C(F)(F)F)N1CCN(C(=O)C2CCCO2)CC1. The average molecular weight is 457 g/mol. The summed E-state index contributed by atoms with van der Waals surface area (Å²) in [5, 5.41) is 4.07. The minimum atomic E-state index is -4.80. The number of nitrogens with zero attached hydrogens (tertiary/aromatic N) is 4. The molecule has 2 fully saturated rings. The molecule has 0 spiro atoms. The quantitative estimate of drug-likeness (QED) is 0.712. The molecule has 0 bridgehead atoms. The fourth-order valence-corrected chi connectivity index (χ4v) is 4.04. The van der Waals surface area contributed by atoms with E-state index in [9.17, 15) is 22.8 Å². The molecule has 2 aromatic rings. The number of carbonyl (C=O) groups excluding carboxylic acids is 2. The fraction of sp³-hybridized carbons (Fsp3) is 0.450. The topological polar surface area (TPSA) is 67.7 Å². The van der Waals surface area contributed by atoms with Crippen molar-refractivity contribution in [3.05, 3.63) is 46.7 Å². The second-order valence-corrected chi connectivity index (χ2v) is 7.85. The third kappa shape index (κ3) is 4.40. The number of halogens is 4. The predicted molar refractivity (Wildman–Crippen MR) is 105 cm³/mol. The molecule has 3 heterocycles. The Morgan fingerprint density at radius 2 is 1.84 bits per heavy atom. The maximum absolute atomic E-state index is 13.9. The van der Waals surface area contributed by atoms with Crippen LogP contribution in [0, 0.1) is 0 Å². The van der Waals surface area contributed by atoms with E-state index in [-0.39, 0.29) is 42.8 Å². The van der Waals surface area contributed by atoms with Crippen molar-refractivity contribution in [2.24, 2.45) is 0 Å². The van der Waals surface area contributed by atoms with Crippen LogP contribution in [-0.2, 0) is 15.7 Å². The van der Waals surface area contributed by atoms with Gasteiger partial charge in [0.2, 0.25) is 0 Å². The molecule has 166 valence electrons. The number of amides is 2. The van der Waals surface area contributed by atoms with Gasteiger partial charge in [0, 0.05) is 37.8 Å². The molecule has 11 heteroatoms. The van der Waals surface area contributed by atoms with Gasteiger partial charge >= 0.3 is 6.18 Å². The smallest absolute Gasteiger partial charge is 0.368 e. The van der Waals surface area contributed by atoms with Crippen molar-refractivity contribution in [2.45, 2.75) is 25.1 Å². The molecule has 31 heavy (non-hydrogen) atoms. The van der Waals surface area contributed by atoms with Crippen LogP contribution in [0.2, 0.25) is 5.02 Å². The van der Waals surface area contributed by atoms with Gasteiger partial charge in [0.1, 0.15) is 6.10 Å². The predicted octanol–water partition coefficient (Wildman–Crippen LogP) is 3.01. The highest BCUT2D eigenvalue weighted by molar-refractivity contribution is 6.30. The zero-order valence-corrected chi connectivity index (χ0v) is 17.2. The Bertz CT molecular complexity index is 980. The monoisotopic (exact) mass is 456 g/mol. The van der Waals surface area contributed by atoms with Gasteiger partial charge in [-0.25, -0.2) is 4.68 Å². The standard InChI is InChI=1S/C20H20ClF3N4O3/c21-13-3-1-4-14(11-13)28-17(20(22,23)24)15(12-25-28)18(29)26-6-8-27(9-7-26)19(30)16-5-2-10-31-16/h1,3-4,11-12,16H,2,5-10H2. The van der Waals surface area contributed by atoms with E-state index in [2.05, 4.69) is 5.10 Å². The first kappa shape index (κ1) is 21.6. The Labute approximate surface area is 181 Å². The molecule has 0 N–H and O–H groups in total. The molecule has 1 unspecified atom stereocenters. The van der Waals surface area contributed by atoms with Gasteiger partial charge in [-0.05, 0) is 31.0 Å². The van der Waals surface area contributed by atoms with Crippen molar-refractivity contribution in [1.29, 1.82) is 0 Å². The lowest BCUT2D eigenvalue weighted by Gasteiger charge is -2.35. The van der Waals surface area contributed by atoms with Crippen molar-refractivity contribution >= 4 is 23.4 Å². The second-order valence-electron chi connectivity index (χ2n) is 7.42. The van der Waals surface area contributed by atoms with Crippen molar-refractivity contribution < 1.29 is 27.5 Å². The molecule has 1 atom stereocenters. The molecule has 1 aromatic heterocycles. The Kier molecular flexibility index (Phi) is 5.94. The number of ether oxygens (including phenoxy) is 1. The van der Waals surface area contributed by atoms with Crippen molar-refractivity contribution in [1.82, 2.24) is 19.6 Å². The second kappa shape index (κ2) is 8.51. The molecule has 1 aromatic carbocycles. The van der Waals surface area contributed by atoms with E-state index in [1.54, 1.807) is 4.90 Å². The third-order valence-corrected chi connectivity index (χ3v) is 5.64. The van der Waals surface area contributed by atoms with Crippen LogP contribution in [0.5, 0.6) is 0 Å². The molecule has 0 radical (unpaired) electrons. The van der Waals surface area contributed by atoms with E-state index in [0.717, 1.165) is 12.6 Å². The molecule has 2 saturated heterocycles. The van der Waals surface area contributed by atoms with Gasteiger partial charge in [-0.3, -0.25) is 9.59 Å². The highest BCUT2D eigenvalue weighted by Gasteiger charge is 2.42. The maximum atomic E-state index is 13.9. The number of rotatable bonds is 3. The first-order chi connectivity index (χ1) is 14.8. The highest BCUT2D eigenvalue weighted by atomic mass is 35.5. The number of carbonyl (C=O) groups is 2. The fourth-order valence-electron chi connectivity index (χ4n) is 3.86. The van der Waals surface area contributed by atoms with Crippen LogP contribution in [0.25, 0.3) is 5.69 Å². The number of piperazine rings is 1. The summed E-state index contributed by atoms with van der Waals surface area (Å²) in [5.41, 5.74) is -1.59. The van der Waals surface area contributed by atoms with Gasteiger partial charge in [-0.1, -0.05) is 17.7 Å². The van der Waals surface area contributed by atoms with Gasteiger partial charge < -0.3 is 14.5 Å². The van der Waals surface area contributed by atoms with Gasteiger partial charge in [0.05, 0.1) is 17.4 Å². The summed E-state index contributed by atoms with van der Waals surface area (Å²) >= 11 is 5.90.